The van der Waals surface area contributed by atoms with Crippen LogP contribution in [-0.2, 0) is 0 Å². The van der Waals surface area contributed by atoms with Crippen molar-refractivity contribution in [3.63, 3.8) is 0 Å². The van der Waals surface area contributed by atoms with E-state index in [-0.39, 0.29) is 0 Å². The zero-order valence-electron chi connectivity index (χ0n) is 13.0. The normalized spacial score (nSPS) is 26.4. The molecule has 2 saturated heterocycles. The molecular weight excluding hydrogens is 234 g/mol. The molecule has 19 heavy (non-hydrogen) atoms. The van der Waals surface area contributed by atoms with E-state index in [1.165, 1.54) is 71.2 Å². The lowest BCUT2D eigenvalue weighted by Gasteiger charge is -2.24. The van der Waals surface area contributed by atoms with Crippen LogP contribution in [0.5, 0.6) is 0 Å². The molecule has 0 bridgehead atoms. The van der Waals surface area contributed by atoms with E-state index < -0.39 is 0 Å². The Morgan fingerprint density at radius 2 is 1.84 bits per heavy atom. The Morgan fingerprint density at radius 1 is 1.11 bits per heavy atom. The zero-order valence-corrected chi connectivity index (χ0v) is 13.0. The van der Waals surface area contributed by atoms with E-state index in [0.717, 1.165) is 12.6 Å². The second-order valence-corrected chi connectivity index (χ2v) is 7.31. The Balaban J connectivity index is 1.57. The van der Waals surface area contributed by atoms with Crippen LogP contribution in [0.25, 0.3) is 0 Å². The molecule has 2 fully saturated rings. The van der Waals surface area contributed by atoms with Crippen molar-refractivity contribution >= 4 is 0 Å². The van der Waals surface area contributed by atoms with Crippen LogP contribution in [0.2, 0.25) is 0 Å². The van der Waals surface area contributed by atoms with Crippen LogP contribution >= 0.6 is 0 Å². The van der Waals surface area contributed by atoms with Gasteiger partial charge in [-0.05, 0) is 70.2 Å². The van der Waals surface area contributed by atoms with E-state index >= 15 is 0 Å². The summed E-state index contributed by atoms with van der Waals surface area (Å²) in [6.07, 6.45) is 8.18. The first-order valence-corrected chi connectivity index (χ1v) is 8.27. The Bertz CT molecular complexity index is 259. The van der Waals surface area contributed by atoms with Gasteiger partial charge in [-0.15, -0.1) is 0 Å². The van der Waals surface area contributed by atoms with E-state index in [1.54, 1.807) is 0 Å². The van der Waals surface area contributed by atoms with Crippen LogP contribution in [0, 0.1) is 5.41 Å². The SMILES string of the molecule is CC(C)(CN)CCCCN1CCC(N2CCCC2)C1. The molecule has 1 atom stereocenters. The number of nitrogens with zero attached hydrogens (tertiary/aromatic N) is 2. The average Bonchev–Trinajstić information content (AvgIpc) is 3.05. The van der Waals surface area contributed by atoms with Crippen molar-refractivity contribution in [2.45, 2.75) is 58.4 Å². The van der Waals surface area contributed by atoms with E-state index in [4.69, 9.17) is 5.73 Å². The summed E-state index contributed by atoms with van der Waals surface area (Å²) >= 11 is 0. The second kappa shape index (κ2) is 7.05. The van der Waals surface area contributed by atoms with Gasteiger partial charge in [-0.2, -0.15) is 0 Å². The largest absolute Gasteiger partial charge is 0.330 e. The maximum absolute atomic E-state index is 5.78. The Kier molecular flexibility index (Phi) is 5.67. The maximum atomic E-state index is 5.78. The molecule has 2 aliphatic heterocycles. The van der Waals surface area contributed by atoms with Crippen LogP contribution in [-0.4, -0.2) is 55.1 Å². The molecule has 0 aliphatic carbocycles. The minimum absolute atomic E-state index is 0.336. The van der Waals surface area contributed by atoms with Crippen molar-refractivity contribution < 1.29 is 0 Å². The van der Waals surface area contributed by atoms with Crippen LogP contribution in [0.3, 0.4) is 0 Å². The first kappa shape index (κ1) is 15.3. The molecule has 3 nitrogen and oxygen atoms in total. The van der Waals surface area contributed by atoms with Crippen LogP contribution in [0.1, 0.15) is 52.4 Å². The van der Waals surface area contributed by atoms with Crippen molar-refractivity contribution in [3.05, 3.63) is 0 Å². The summed E-state index contributed by atoms with van der Waals surface area (Å²) in [6, 6.07) is 0.864. The third-order valence-electron chi connectivity index (χ3n) is 5.04. The summed E-state index contributed by atoms with van der Waals surface area (Å²) in [5.41, 5.74) is 6.12. The fourth-order valence-electron chi connectivity index (χ4n) is 3.46. The fraction of sp³-hybridized carbons (Fsp3) is 1.00. The predicted octanol–water partition coefficient (Wildman–Crippen LogP) is 2.31. The van der Waals surface area contributed by atoms with Crippen molar-refractivity contribution in [1.82, 2.24) is 9.80 Å². The van der Waals surface area contributed by atoms with Crippen molar-refractivity contribution in [2.75, 3.05) is 39.3 Å². The minimum atomic E-state index is 0.336. The maximum Gasteiger partial charge on any atom is 0.0235 e. The van der Waals surface area contributed by atoms with E-state index in [2.05, 4.69) is 23.6 Å². The van der Waals surface area contributed by atoms with Crippen molar-refractivity contribution in [1.29, 1.82) is 0 Å². The Hall–Kier alpha value is -0.120. The van der Waals surface area contributed by atoms with Gasteiger partial charge in [-0.25, -0.2) is 0 Å². The lowest BCUT2D eigenvalue weighted by molar-refractivity contribution is 0.228. The van der Waals surface area contributed by atoms with Gasteiger partial charge >= 0.3 is 0 Å². The monoisotopic (exact) mass is 267 g/mol. The van der Waals surface area contributed by atoms with Gasteiger partial charge in [0.1, 0.15) is 0 Å². The lowest BCUT2D eigenvalue weighted by Crippen LogP contribution is -2.35. The fourth-order valence-corrected chi connectivity index (χ4v) is 3.46. The van der Waals surface area contributed by atoms with Gasteiger partial charge in [0.05, 0.1) is 0 Å². The highest BCUT2D eigenvalue weighted by molar-refractivity contribution is 4.85. The lowest BCUT2D eigenvalue weighted by atomic mass is 9.87. The Labute approximate surface area is 119 Å². The molecule has 2 aliphatic rings. The molecule has 0 amide bonds. The first-order valence-electron chi connectivity index (χ1n) is 8.27. The molecule has 0 radical (unpaired) electrons. The molecule has 2 N–H and O–H groups in total. The molecule has 0 saturated carbocycles. The quantitative estimate of drug-likeness (QED) is 0.719. The van der Waals surface area contributed by atoms with Gasteiger partial charge in [-0.3, -0.25) is 4.90 Å². The van der Waals surface area contributed by atoms with Gasteiger partial charge in [0.15, 0.2) is 0 Å². The molecule has 0 aromatic carbocycles. The summed E-state index contributed by atoms with van der Waals surface area (Å²) in [5.74, 6) is 0. The number of hydrogen-bond donors (Lipinski definition) is 1. The van der Waals surface area contributed by atoms with Crippen LogP contribution in [0.15, 0.2) is 0 Å². The predicted molar refractivity (Wildman–Crippen MR) is 82.3 cm³/mol. The van der Waals surface area contributed by atoms with E-state index in [9.17, 15) is 0 Å². The summed E-state index contributed by atoms with van der Waals surface area (Å²) in [7, 11) is 0. The molecule has 2 heterocycles. The standard InChI is InChI=1S/C16H33N3/c1-16(2,14-17)8-3-4-9-18-12-7-15(13-18)19-10-5-6-11-19/h15H,3-14,17H2,1-2H3. The van der Waals surface area contributed by atoms with Gasteiger partial charge in [0.25, 0.3) is 0 Å². The smallest absolute Gasteiger partial charge is 0.0235 e. The molecule has 0 spiro atoms. The molecule has 112 valence electrons. The van der Waals surface area contributed by atoms with E-state index in [1.807, 2.05) is 0 Å². The van der Waals surface area contributed by atoms with Crippen molar-refractivity contribution in [3.8, 4) is 0 Å². The highest BCUT2D eigenvalue weighted by Crippen LogP contribution is 2.23. The molecular formula is C16H33N3. The molecule has 2 rings (SSSR count). The van der Waals surface area contributed by atoms with Crippen LogP contribution in [0.4, 0.5) is 0 Å². The topological polar surface area (TPSA) is 32.5 Å². The van der Waals surface area contributed by atoms with E-state index in [0.29, 0.717) is 5.41 Å². The van der Waals surface area contributed by atoms with Gasteiger partial charge in [-0.1, -0.05) is 20.3 Å². The molecule has 0 aromatic heterocycles. The summed E-state index contributed by atoms with van der Waals surface area (Å²) in [5, 5.41) is 0. The van der Waals surface area contributed by atoms with Crippen LogP contribution < -0.4 is 5.73 Å². The number of hydrogen-bond acceptors (Lipinski definition) is 3. The zero-order chi connectivity index (χ0) is 13.7. The Morgan fingerprint density at radius 3 is 2.53 bits per heavy atom. The highest BCUT2D eigenvalue weighted by atomic mass is 15.3. The number of rotatable bonds is 7. The van der Waals surface area contributed by atoms with Gasteiger partial charge in [0.2, 0.25) is 0 Å². The first-order chi connectivity index (χ1) is 9.11. The minimum Gasteiger partial charge on any atom is -0.330 e. The third kappa shape index (κ3) is 4.73. The molecule has 0 aromatic rings. The summed E-state index contributed by atoms with van der Waals surface area (Å²) in [4.78, 5) is 5.40. The molecule has 3 heteroatoms. The summed E-state index contributed by atoms with van der Waals surface area (Å²) < 4.78 is 0. The number of nitrogens with two attached hydrogens (primary N) is 1. The second-order valence-electron chi connectivity index (χ2n) is 7.31. The third-order valence-corrected chi connectivity index (χ3v) is 5.04. The van der Waals surface area contributed by atoms with Gasteiger partial charge in [0, 0.05) is 12.6 Å². The number of unbranched alkanes of at least 4 members (excludes halogenated alkanes) is 1. The average molecular weight is 267 g/mol. The number of likely N-dealkylation sites (tertiary alicyclic amines) is 2. The van der Waals surface area contributed by atoms with Gasteiger partial charge < -0.3 is 10.6 Å². The highest BCUT2D eigenvalue weighted by Gasteiger charge is 2.28. The van der Waals surface area contributed by atoms with Crippen molar-refractivity contribution in [2.24, 2.45) is 11.1 Å². The summed E-state index contributed by atoms with van der Waals surface area (Å²) in [6.45, 7) is 12.0. The molecule has 1 unspecified atom stereocenters.